The van der Waals surface area contributed by atoms with Crippen LogP contribution in [-0.4, -0.2) is 38.0 Å². The minimum absolute atomic E-state index is 0.326. The normalized spacial score (nSPS) is 11.7. The molecule has 0 aliphatic heterocycles. The van der Waals surface area contributed by atoms with Gasteiger partial charge in [-0.15, -0.1) is 11.3 Å². The highest BCUT2D eigenvalue weighted by atomic mass is 32.2. The number of carbonyl (C=O) groups is 1. The predicted octanol–water partition coefficient (Wildman–Crippen LogP) is 6.05. The Kier molecular flexibility index (Phi) is 7.20. The molecular formula is C27H23N5O3S2. The molecule has 0 aliphatic rings. The summed E-state index contributed by atoms with van der Waals surface area (Å²) in [4.78, 5) is 25.8. The smallest absolute Gasteiger partial charge is 0.338 e. The van der Waals surface area contributed by atoms with Crippen LogP contribution in [0.2, 0.25) is 0 Å². The molecule has 1 unspecified atom stereocenters. The quantitative estimate of drug-likeness (QED) is 0.236. The first-order chi connectivity index (χ1) is 18.0. The van der Waals surface area contributed by atoms with E-state index in [1.54, 1.807) is 49.0 Å². The van der Waals surface area contributed by atoms with Crippen molar-refractivity contribution >= 4 is 55.8 Å². The molecule has 5 aromatic rings. The Morgan fingerprint density at radius 2 is 1.84 bits per heavy atom. The Labute approximate surface area is 220 Å². The second kappa shape index (κ2) is 10.9. The lowest BCUT2D eigenvalue weighted by Gasteiger charge is -2.08. The van der Waals surface area contributed by atoms with Crippen molar-refractivity contribution in [2.45, 2.75) is 6.92 Å². The number of nitrogens with zero attached hydrogens (tertiary/aromatic N) is 3. The van der Waals surface area contributed by atoms with E-state index >= 15 is 0 Å². The number of esters is 1. The summed E-state index contributed by atoms with van der Waals surface area (Å²) >= 11 is 1.57. The third kappa shape index (κ3) is 5.65. The first kappa shape index (κ1) is 24.5. The van der Waals surface area contributed by atoms with E-state index in [1.165, 1.54) is 0 Å². The van der Waals surface area contributed by atoms with Crippen LogP contribution in [0.25, 0.3) is 32.6 Å². The van der Waals surface area contributed by atoms with Gasteiger partial charge in [-0.3, -0.25) is 4.98 Å². The molecule has 186 valence electrons. The minimum atomic E-state index is -1.15. The molecule has 0 saturated heterocycles. The Bertz CT molecular complexity index is 1600. The lowest BCUT2D eigenvalue weighted by atomic mass is 10.1. The van der Waals surface area contributed by atoms with Crippen LogP contribution in [0, 0.1) is 0 Å². The van der Waals surface area contributed by atoms with Crippen molar-refractivity contribution in [3.05, 3.63) is 84.0 Å². The zero-order chi connectivity index (χ0) is 25.8. The molecule has 1 atom stereocenters. The molecule has 37 heavy (non-hydrogen) atoms. The fourth-order valence-corrected chi connectivity index (χ4v) is 5.13. The van der Waals surface area contributed by atoms with Crippen molar-refractivity contribution < 1.29 is 13.7 Å². The summed E-state index contributed by atoms with van der Waals surface area (Å²) in [5.41, 5.74) is 6.34. The molecule has 5 rings (SSSR count). The van der Waals surface area contributed by atoms with Gasteiger partial charge in [0.2, 0.25) is 5.95 Å². The van der Waals surface area contributed by atoms with E-state index in [0.29, 0.717) is 18.1 Å². The van der Waals surface area contributed by atoms with Crippen LogP contribution in [0.5, 0.6) is 0 Å². The number of fused-ring (bicyclic) bond motifs is 1. The van der Waals surface area contributed by atoms with Crippen molar-refractivity contribution in [1.29, 1.82) is 0 Å². The minimum Gasteiger partial charge on any atom is -0.462 e. The van der Waals surface area contributed by atoms with Crippen LogP contribution in [0.15, 0.2) is 78.4 Å². The summed E-state index contributed by atoms with van der Waals surface area (Å²) in [6, 6.07) is 18.7. The van der Waals surface area contributed by atoms with Gasteiger partial charge in [0.1, 0.15) is 11.0 Å². The van der Waals surface area contributed by atoms with E-state index in [-0.39, 0.29) is 5.97 Å². The monoisotopic (exact) mass is 529 g/mol. The molecule has 10 heteroatoms. The van der Waals surface area contributed by atoms with E-state index in [4.69, 9.17) is 9.72 Å². The van der Waals surface area contributed by atoms with Gasteiger partial charge in [0, 0.05) is 28.5 Å². The van der Waals surface area contributed by atoms with E-state index in [1.807, 2.05) is 53.9 Å². The number of pyridine rings is 1. The number of rotatable bonds is 8. The molecule has 2 aromatic carbocycles. The summed E-state index contributed by atoms with van der Waals surface area (Å²) < 4.78 is 20.5. The molecule has 0 radical (unpaired) electrons. The maximum atomic E-state index is 12.1. The van der Waals surface area contributed by atoms with E-state index in [9.17, 15) is 9.00 Å². The van der Waals surface area contributed by atoms with Gasteiger partial charge >= 0.3 is 5.97 Å². The average Bonchev–Trinajstić information content (AvgIpc) is 3.32. The van der Waals surface area contributed by atoms with Crippen molar-refractivity contribution in [1.82, 2.24) is 15.0 Å². The summed E-state index contributed by atoms with van der Waals surface area (Å²) in [5, 5.41) is 5.27. The standard InChI is InChI=1S/C27H23N5O3S2/c1-3-35-26(33)19-8-4-7-18(12-19)23-11-10-21(14-28-23)30-27-29-15-24-25(31-27)22(16-36-24)17-6-5-9-20(13-17)32-37(2)34/h4-16,32H,3H2,1-2H3,(H,29,30,31). The number of benzene rings is 2. The summed E-state index contributed by atoms with van der Waals surface area (Å²) in [5.74, 6) is 0.0984. The molecule has 2 N–H and O–H groups in total. The van der Waals surface area contributed by atoms with Crippen molar-refractivity contribution in [2.24, 2.45) is 0 Å². The maximum absolute atomic E-state index is 12.1. The second-order valence-electron chi connectivity index (χ2n) is 8.05. The van der Waals surface area contributed by atoms with Crippen LogP contribution < -0.4 is 10.0 Å². The SMILES string of the molecule is CCOC(=O)c1cccc(-c2ccc(Nc3ncc4scc(-c5cccc(NS(C)=O)c5)c4n3)cn2)c1. The first-order valence-electron chi connectivity index (χ1n) is 11.5. The van der Waals surface area contributed by atoms with Gasteiger partial charge in [-0.05, 0) is 48.9 Å². The fraction of sp³-hybridized carbons (Fsp3) is 0.111. The third-order valence-corrected chi connectivity index (χ3v) is 6.87. The molecule has 3 heterocycles. The highest BCUT2D eigenvalue weighted by molar-refractivity contribution is 7.85. The van der Waals surface area contributed by atoms with E-state index in [0.717, 1.165) is 44.0 Å². The highest BCUT2D eigenvalue weighted by Crippen LogP contribution is 2.34. The number of ether oxygens (including phenoxy) is 1. The van der Waals surface area contributed by atoms with Gasteiger partial charge in [0.15, 0.2) is 0 Å². The molecule has 0 saturated carbocycles. The van der Waals surface area contributed by atoms with Crippen LogP contribution in [-0.2, 0) is 15.7 Å². The number of hydrogen-bond donors (Lipinski definition) is 2. The van der Waals surface area contributed by atoms with Crippen LogP contribution in [0.3, 0.4) is 0 Å². The first-order valence-corrected chi connectivity index (χ1v) is 13.9. The van der Waals surface area contributed by atoms with Crippen LogP contribution >= 0.6 is 11.3 Å². The Morgan fingerprint density at radius 1 is 1.00 bits per heavy atom. The fourth-order valence-electron chi connectivity index (χ4n) is 3.80. The molecule has 0 fully saturated rings. The van der Waals surface area contributed by atoms with Gasteiger partial charge in [-0.25, -0.2) is 19.0 Å². The van der Waals surface area contributed by atoms with Crippen LogP contribution in [0.1, 0.15) is 17.3 Å². The molecule has 0 amide bonds. The topological polar surface area (TPSA) is 106 Å². The zero-order valence-corrected chi connectivity index (χ0v) is 21.7. The molecule has 8 nitrogen and oxygen atoms in total. The number of nitrogens with one attached hydrogen (secondary N) is 2. The van der Waals surface area contributed by atoms with Gasteiger partial charge in [0.25, 0.3) is 0 Å². The van der Waals surface area contributed by atoms with Gasteiger partial charge < -0.3 is 14.8 Å². The van der Waals surface area contributed by atoms with Gasteiger partial charge in [-0.1, -0.05) is 24.3 Å². The Balaban J connectivity index is 1.37. The molecule has 0 spiro atoms. The lowest BCUT2D eigenvalue weighted by molar-refractivity contribution is 0.0526. The van der Waals surface area contributed by atoms with E-state index < -0.39 is 11.0 Å². The molecular weight excluding hydrogens is 506 g/mol. The summed E-state index contributed by atoms with van der Waals surface area (Å²) in [6.45, 7) is 2.11. The molecule has 0 bridgehead atoms. The molecule has 0 aliphatic carbocycles. The highest BCUT2D eigenvalue weighted by Gasteiger charge is 2.12. The maximum Gasteiger partial charge on any atom is 0.338 e. The third-order valence-electron chi connectivity index (χ3n) is 5.44. The van der Waals surface area contributed by atoms with Crippen molar-refractivity contribution in [2.75, 3.05) is 22.9 Å². The van der Waals surface area contributed by atoms with E-state index in [2.05, 4.69) is 20.0 Å². The Morgan fingerprint density at radius 3 is 2.62 bits per heavy atom. The largest absolute Gasteiger partial charge is 0.462 e. The Hall–Kier alpha value is -4.15. The summed E-state index contributed by atoms with van der Waals surface area (Å²) in [6.07, 6.45) is 5.10. The van der Waals surface area contributed by atoms with Crippen molar-refractivity contribution in [3.8, 4) is 22.4 Å². The summed E-state index contributed by atoms with van der Waals surface area (Å²) in [7, 11) is -1.15. The second-order valence-corrected chi connectivity index (χ2v) is 10.1. The van der Waals surface area contributed by atoms with Crippen LogP contribution in [0.4, 0.5) is 17.3 Å². The van der Waals surface area contributed by atoms with Crippen molar-refractivity contribution in [3.63, 3.8) is 0 Å². The number of aromatic nitrogens is 3. The van der Waals surface area contributed by atoms with Gasteiger partial charge in [-0.2, -0.15) is 0 Å². The number of anilines is 3. The number of carbonyl (C=O) groups excluding carboxylic acids is 1. The lowest BCUT2D eigenvalue weighted by Crippen LogP contribution is -2.04. The average molecular weight is 530 g/mol. The van der Waals surface area contributed by atoms with Gasteiger partial charge in [0.05, 0.1) is 46.2 Å². The number of hydrogen-bond acceptors (Lipinski definition) is 8. The number of thiophene rings is 1. The molecule has 3 aromatic heterocycles. The zero-order valence-electron chi connectivity index (χ0n) is 20.1. The predicted molar refractivity (Wildman–Crippen MR) is 149 cm³/mol.